The molecule has 2 nitrogen and oxygen atoms in total. The molecule has 0 spiro atoms. The van der Waals surface area contributed by atoms with Gasteiger partial charge in [0, 0.05) is 16.6 Å². The monoisotopic (exact) mass is 263 g/mol. The zero-order valence-electron chi connectivity index (χ0n) is 11.4. The van der Waals surface area contributed by atoms with Crippen LogP contribution in [0.1, 0.15) is 30.5 Å². The summed E-state index contributed by atoms with van der Waals surface area (Å²) in [5, 5.41) is 3.16. The van der Waals surface area contributed by atoms with Crippen molar-refractivity contribution in [3.8, 4) is 0 Å². The van der Waals surface area contributed by atoms with E-state index < -0.39 is 0 Å². The second-order valence-corrected chi connectivity index (χ2v) is 5.72. The van der Waals surface area contributed by atoms with Gasteiger partial charge in [0.05, 0.1) is 5.52 Å². The molecule has 0 saturated carbocycles. The van der Waals surface area contributed by atoms with E-state index in [4.69, 9.17) is 0 Å². The Morgan fingerprint density at radius 2 is 1.65 bits per heavy atom. The van der Waals surface area contributed by atoms with Gasteiger partial charge in [-0.15, -0.1) is 0 Å². The Balaban J connectivity index is 2.10. The summed E-state index contributed by atoms with van der Waals surface area (Å²) in [7, 11) is 0. The van der Waals surface area contributed by atoms with Gasteiger partial charge in [0.1, 0.15) is 0 Å². The average molecular weight is 263 g/mol. The van der Waals surface area contributed by atoms with E-state index in [1.54, 1.807) is 0 Å². The van der Waals surface area contributed by atoms with Crippen LogP contribution in [0, 0.1) is 0 Å². The van der Waals surface area contributed by atoms with Crippen LogP contribution in [0.25, 0.3) is 21.7 Å². The van der Waals surface area contributed by atoms with Gasteiger partial charge in [-0.3, -0.25) is 4.79 Å². The van der Waals surface area contributed by atoms with Gasteiger partial charge in [-0.25, -0.2) is 0 Å². The lowest BCUT2D eigenvalue weighted by atomic mass is 10.0. The molecule has 1 N–H and O–H groups in total. The third kappa shape index (κ3) is 1.75. The quantitative estimate of drug-likeness (QED) is 0.483. The summed E-state index contributed by atoms with van der Waals surface area (Å²) in [6.07, 6.45) is 5.47. The smallest absolute Gasteiger partial charge is 0.192 e. The number of hydrogen-bond donors (Lipinski definition) is 1. The summed E-state index contributed by atoms with van der Waals surface area (Å²) >= 11 is 0. The summed E-state index contributed by atoms with van der Waals surface area (Å²) in [5.41, 5.74) is 3.40. The zero-order chi connectivity index (χ0) is 13.5. The van der Waals surface area contributed by atoms with Gasteiger partial charge in [-0.2, -0.15) is 0 Å². The van der Waals surface area contributed by atoms with Crippen molar-refractivity contribution in [1.82, 2.24) is 4.98 Å². The third-order valence-electron chi connectivity index (χ3n) is 4.41. The van der Waals surface area contributed by atoms with E-state index in [0.717, 1.165) is 46.8 Å². The molecular weight excluding hydrogens is 246 g/mol. The third-order valence-corrected chi connectivity index (χ3v) is 4.41. The highest BCUT2D eigenvalue weighted by atomic mass is 16.1. The first-order chi connectivity index (χ1) is 9.83. The summed E-state index contributed by atoms with van der Waals surface area (Å²) in [5.74, 6) is 0. The molecule has 0 atom stereocenters. The maximum atomic E-state index is 12.7. The molecule has 0 bridgehead atoms. The maximum absolute atomic E-state index is 12.7. The lowest BCUT2D eigenvalue weighted by molar-refractivity contribution is 0.708. The molecule has 1 aliphatic carbocycles. The van der Waals surface area contributed by atoms with Crippen molar-refractivity contribution in [1.29, 1.82) is 0 Å². The standard InChI is InChI=1S/C18H17NO/c20-18-14-8-2-1-3-9-16(14)19-17-11-13-7-5-4-6-12(13)10-15(17)18/h4-7,10-11H,1-3,8-9H2,(H,19,20). The van der Waals surface area contributed by atoms with Crippen LogP contribution in [-0.2, 0) is 12.8 Å². The van der Waals surface area contributed by atoms with E-state index in [9.17, 15) is 4.79 Å². The molecule has 0 fully saturated rings. The van der Waals surface area contributed by atoms with Crippen molar-refractivity contribution in [3.63, 3.8) is 0 Å². The highest BCUT2D eigenvalue weighted by Gasteiger charge is 2.14. The molecule has 20 heavy (non-hydrogen) atoms. The number of pyridine rings is 1. The Bertz CT molecular complexity index is 860. The van der Waals surface area contributed by atoms with Crippen LogP contribution in [0.5, 0.6) is 0 Å². The second-order valence-electron chi connectivity index (χ2n) is 5.72. The Hall–Kier alpha value is -2.09. The summed E-state index contributed by atoms with van der Waals surface area (Å²) < 4.78 is 0. The number of fused-ring (bicyclic) bond motifs is 3. The Kier molecular flexibility index (Phi) is 2.62. The van der Waals surface area contributed by atoms with Gasteiger partial charge < -0.3 is 4.98 Å². The highest BCUT2D eigenvalue weighted by molar-refractivity contribution is 5.96. The summed E-state index contributed by atoms with van der Waals surface area (Å²) in [4.78, 5) is 16.3. The molecule has 4 rings (SSSR count). The fourth-order valence-electron chi connectivity index (χ4n) is 3.33. The number of H-pyrrole nitrogens is 1. The average Bonchev–Trinajstić information content (AvgIpc) is 2.71. The van der Waals surface area contributed by atoms with Gasteiger partial charge in [-0.05, 0) is 48.6 Å². The predicted molar refractivity (Wildman–Crippen MR) is 83.3 cm³/mol. The molecule has 0 aliphatic heterocycles. The number of nitrogens with one attached hydrogen (secondary N) is 1. The van der Waals surface area contributed by atoms with Crippen molar-refractivity contribution < 1.29 is 0 Å². The van der Waals surface area contributed by atoms with E-state index in [1.165, 1.54) is 18.2 Å². The maximum Gasteiger partial charge on any atom is 0.192 e. The van der Waals surface area contributed by atoms with Crippen molar-refractivity contribution in [3.05, 3.63) is 57.9 Å². The van der Waals surface area contributed by atoms with Crippen LogP contribution in [0.2, 0.25) is 0 Å². The second kappa shape index (κ2) is 4.48. The largest absolute Gasteiger partial charge is 0.358 e. The lowest BCUT2D eigenvalue weighted by Gasteiger charge is -2.09. The molecule has 1 aliphatic rings. The first-order valence-corrected chi connectivity index (χ1v) is 7.39. The normalized spacial score (nSPS) is 15.2. The Morgan fingerprint density at radius 3 is 2.50 bits per heavy atom. The van der Waals surface area contributed by atoms with Gasteiger partial charge in [0.25, 0.3) is 0 Å². The molecule has 0 radical (unpaired) electrons. The molecule has 100 valence electrons. The van der Waals surface area contributed by atoms with E-state index in [-0.39, 0.29) is 5.43 Å². The van der Waals surface area contributed by atoms with Crippen LogP contribution in [0.15, 0.2) is 41.2 Å². The van der Waals surface area contributed by atoms with Gasteiger partial charge >= 0.3 is 0 Å². The van der Waals surface area contributed by atoms with E-state index in [2.05, 4.69) is 23.2 Å². The minimum atomic E-state index is 0.237. The SMILES string of the molecule is O=c1c2c([nH]c3cc4ccccc4cc13)CCCCC2. The fraction of sp³-hybridized carbons (Fsp3) is 0.278. The van der Waals surface area contributed by atoms with Crippen molar-refractivity contribution in [2.75, 3.05) is 0 Å². The van der Waals surface area contributed by atoms with Gasteiger partial charge in [-0.1, -0.05) is 30.7 Å². The fourth-order valence-corrected chi connectivity index (χ4v) is 3.33. The van der Waals surface area contributed by atoms with Crippen molar-refractivity contribution in [2.24, 2.45) is 0 Å². The minimum Gasteiger partial charge on any atom is -0.358 e. The van der Waals surface area contributed by atoms with Crippen LogP contribution >= 0.6 is 0 Å². The van der Waals surface area contributed by atoms with Crippen molar-refractivity contribution >= 4 is 21.7 Å². The van der Waals surface area contributed by atoms with Crippen molar-refractivity contribution in [2.45, 2.75) is 32.1 Å². The number of benzene rings is 2. The number of aromatic amines is 1. The van der Waals surface area contributed by atoms with Crippen LogP contribution < -0.4 is 5.43 Å². The van der Waals surface area contributed by atoms with Gasteiger partial charge in [0.15, 0.2) is 5.43 Å². The molecular formula is C18H17NO. The molecule has 0 amide bonds. The van der Waals surface area contributed by atoms with E-state index >= 15 is 0 Å². The van der Waals surface area contributed by atoms with E-state index in [0.29, 0.717) is 0 Å². The molecule has 2 aromatic carbocycles. The minimum absolute atomic E-state index is 0.237. The predicted octanol–water partition coefficient (Wildman–Crippen LogP) is 3.95. The van der Waals surface area contributed by atoms with Crippen LogP contribution in [-0.4, -0.2) is 4.98 Å². The summed E-state index contributed by atoms with van der Waals surface area (Å²) in [6, 6.07) is 12.4. The molecule has 0 saturated heterocycles. The van der Waals surface area contributed by atoms with E-state index in [1.807, 2.05) is 18.2 Å². The first kappa shape index (κ1) is 11.7. The number of aromatic nitrogens is 1. The Morgan fingerprint density at radius 1 is 0.900 bits per heavy atom. The number of aryl methyl sites for hydroxylation is 1. The lowest BCUT2D eigenvalue weighted by Crippen LogP contribution is -2.14. The zero-order valence-corrected chi connectivity index (χ0v) is 11.4. The van der Waals surface area contributed by atoms with Crippen LogP contribution in [0.3, 0.4) is 0 Å². The molecule has 2 heteroatoms. The Labute approximate surface area is 117 Å². The molecule has 0 unspecified atom stereocenters. The topological polar surface area (TPSA) is 32.9 Å². The van der Waals surface area contributed by atoms with Gasteiger partial charge in [0.2, 0.25) is 0 Å². The molecule has 1 heterocycles. The summed E-state index contributed by atoms with van der Waals surface area (Å²) in [6.45, 7) is 0. The number of hydrogen-bond acceptors (Lipinski definition) is 1. The molecule has 1 aromatic heterocycles. The number of rotatable bonds is 0. The van der Waals surface area contributed by atoms with Crippen LogP contribution in [0.4, 0.5) is 0 Å². The first-order valence-electron chi connectivity index (χ1n) is 7.39. The molecule has 3 aromatic rings. The highest BCUT2D eigenvalue weighted by Crippen LogP contribution is 2.23.